The van der Waals surface area contributed by atoms with Gasteiger partial charge in [-0.1, -0.05) is 20.8 Å². The Morgan fingerprint density at radius 1 is 1.31 bits per heavy atom. The van der Waals surface area contributed by atoms with Gasteiger partial charge in [0.2, 0.25) is 0 Å². The molecule has 2 aromatic rings. The Balaban J connectivity index is 2.74. The maximum absolute atomic E-state index is 12.7. The summed E-state index contributed by atoms with van der Waals surface area (Å²) in [5.41, 5.74) is 1.09. The minimum absolute atomic E-state index is 0.167. The molecule has 0 aliphatic heterocycles. The highest BCUT2D eigenvalue weighted by atomic mass is 19.3. The molecule has 0 saturated heterocycles. The number of H-pyrrole nitrogens is 1. The number of hydrogen-bond acceptors (Lipinski definition) is 1. The summed E-state index contributed by atoms with van der Waals surface area (Å²) < 4.78 is 25.4. The minimum atomic E-state index is -2.53. The summed E-state index contributed by atoms with van der Waals surface area (Å²) in [5.74, 6) is 0. The van der Waals surface area contributed by atoms with Crippen LogP contribution in [0.3, 0.4) is 0 Å². The normalized spacial score (nSPS) is 12.6. The average Bonchev–Trinajstić information content (AvgIpc) is 2.61. The number of rotatable bonds is 1. The van der Waals surface area contributed by atoms with Crippen molar-refractivity contribution in [1.82, 2.24) is 9.97 Å². The van der Waals surface area contributed by atoms with E-state index in [2.05, 4.69) is 9.97 Å². The molecule has 0 saturated carbocycles. The average molecular weight is 224 g/mol. The molecule has 1 N–H and O–H groups in total. The molecule has 0 bridgehead atoms. The summed E-state index contributed by atoms with van der Waals surface area (Å²) in [5, 5.41) is 0.914. The van der Waals surface area contributed by atoms with Gasteiger partial charge in [0.15, 0.2) is 0 Å². The molecule has 2 aromatic heterocycles. The van der Waals surface area contributed by atoms with Crippen LogP contribution in [0.1, 0.15) is 38.5 Å². The molecule has 0 radical (unpaired) electrons. The van der Waals surface area contributed by atoms with E-state index >= 15 is 0 Å². The van der Waals surface area contributed by atoms with Gasteiger partial charge in [-0.3, -0.25) is 0 Å². The fourth-order valence-corrected chi connectivity index (χ4v) is 1.79. The smallest absolute Gasteiger partial charge is 0.280 e. The van der Waals surface area contributed by atoms with E-state index < -0.39 is 6.43 Å². The molecule has 2 rings (SSSR count). The third-order valence-corrected chi connectivity index (χ3v) is 2.58. The summed E-state index contributed by atoms with van der Waals surface area (Å²) in [7, 11) is 0. The third-order valence-electron chi connectivity index (χ3n) is 2.58. The summed E-state index contributed by atoms with van der Waals surface area (Å²) in [6.07, 6.45) is -0.809. The Kier molecular flexibility index (Phi) is 2.45. The van der Waals surface area contributed by atoms with E-state index in [-0.39, 0.29) is 11.1 Å². The second-order valence-electron chi connectivity index (χ2n) is 4.89. The molecular weight excluding hydrogens is 210 g/mol. The quantitative estimate of drug-likeness (QED) is 0.784. The lowest BCUT2D eigenvalue weighted by molar-refractivity contribution is 0.146. The molecule has 0 atom stereocenters. The van der Waals surface area contributed by atoms with Gasteiger partial charge in [0.05, 0.1) is 0 Å². The van der Waals surface area contributed by atoms with Crippen LogP contribution < -0.4 is 0 Å². The first-order valence-electron chi connectivity index (χ1n) is 5.16. The SMILES string of the molecule is CC(C)(C)c1cc(C(F)F)nc2[nH]ccc12. The van der Waals surface area contributed by atoms with Crippen molar-refractivity contribution in [3.8, 4) is 0 Å². The van der Waals surface area contributed by atoms with Crippen molar-refractivity contribution in [3.05, 3.63) is 29.6 Å². The molecule has 0 spiro atoms. The predicted octanol–water partition coefficient (Wildman–Crippen LogP) is 3.80. The van der Waals surface area contributed by atoms with Crippen LogP contribution in [0.25, 0.3) is 11.0 Å². The zero-order valence-electron chi connectivity index (χ0n) is 9.51. The lowest BCUT2D eigenvalue weighted by Crippen LogP contribution is -2.12. The number of fused-ring (bicyclic) bond motifs is 1. The lowest BCUT2D eigenvalue weighted by atomic mass is 9.85. The molecule has 0 aliphatic carbocycles. The van der Waals surface area contributed by atoms with E-state index in [1.54, 1.807) is 6.20 Å². The van der Waals surface area contributed by atoms with E-state index in [0.717, 1.165) is 10.9 Å². The monoisotopic (exact) mass is 224 g/mol. The van der Waals surface area contributed by atoms with Crippen LogP contribution in [0.5, 0.6) is 0 Å². The van der Waals surface area contributed by atoms with E-state index in [9.17, 15) is 8.78 Å². The van der Waals surface area contributed by atoms with Gasteiger partial charge >= 0.3 is 0 Å². The Hall–Kier alpha value is -1.45. The van der Waals surface area contributed by atoms with Crippen LogP contribution >= 0.6 is 0 Å². The lowest BCUT2D eigenvalue weighted by Gasteiger charge is -2.20. The molecule has 2 nitrogen and oxygen atoms in total. The van der Waals surface area contributed by atoms with Gasteiger partial charge in [0.1, 0.15) is 11.3 Å². The van der Waals surface area contributed by atoms with Crippen LogP contribution in [0, 0.1) is 0 Å². The highest BCUT2D eigenvalue weighted by Gasteiger charge is 2.21. The van der Waals surface area contributed by atoms with Crippen molar-refractivity contribution in [2.45, 2.75) is 32.6 Å². The second kappa shape index (κ2) is 3.54. The van der Waals surface area contributed by atoms with Gasteiger partial charge < -0.3 is 4.98 Å². The van der Waals surface area contributed by atoms with E-state index in [4.69, 9.17) is 0 Å². The van der Waals surface area contributed by atoms with Gasteiger partial charge in [-0.15, -0.1) is 0 Å². The Morgan fingerprint density at radius 2 is 2.00 bits per heavy atom. The van der Waals surface area contributed by atoms with Crippen molar-refractivity contribution >= 4 is 11.0 Å². The van der Waals surface area contributed by atoms with Crippen molar-refractivity contribution in [3.63, 3.8) is 0 Å². The van der Waals surface area contributed by atoms with Gasteiger partial charge in [0, 0.05) is 11.6 Å². The van der Waals surface area contributed by atoms with Gasteiger partial charge in [-0.25, -0.2) is 13.8 Å². The van der Waals surface area contributed by atoms with E-state index in [0.29, 0.717) is 5.65 Å². The highest BCUT2D eigenvalue weighted by Crippen LogP contribution is 2.31. The summed E-state index contributed by atoms with van der Waals surface area (Å²) in [4.78, 5) is 6.79. The van der Waals surface area contributed by atoms with Crippen molar-refractivity contribution < 1.29 is 8.78 Å². The number of nitrogens with one attached hydrogen (secondary N) is 1. The first kappa shape index (κ1) is 11.0. The standard InChI is InChI=1S/C12H14F2N2/c1-12(2,3)8-6-9(10(13)14)16-11-7(8)4-5-15-11/h4-6,10H,1-3H3,(H,15,16). The number of hydrogen-bond donors (Lipinski definition) is 1. The third kappa shape index (κ3) is 1.79. The molecule has 2 heterocycles. The number of aromatic amines is 1. The largest absolute Gasteiger partial charge is 0.346 e. The van der Waals surface area contributed by atoms with Crippen LogP contribution in [-0.4, -0.2) is 9.97 Å². The van der Waals surface area contributed by atoms with Crippen LogP contribution in [0.4, 0.5) is 8.78 Å². The maximum atomic E-state index is 12.7. The molecule has 16 heavy (non-hydrogen) atoms. The van der Waals surface area contributed by atoms with E-state index in [1.807, 2.05) is 26.8 Å². The van der Waals surface area contributed by atoms with Crippen LogP contribution in [-0.2, 0) is 5.41 Å². The number of alkyl halides is 2. The molecule has 0 fully saturated rings. The Labute approximate surface area is 92.7 Å². The van der Waals surface area contributed by atoms with Gasteiger partial charge in [-0.05, 0) is 23.1 Å². The first-order chi connectivity index (χ1) is 7.39. The molecule has 86 valence electrons. The zero-order chi connectivity index (χ0) is 11.9. The Bertz CT molecular complexity index is 509. The topological polar surface area (TPSA) is 28.7 Å². The first-order valence-corrected chi connectivity index (χ1v) is 5.16. The molecule has 0 amide bonds. The Morgan fingerprint density at radius 3 is 2.56 bits per heavy atom. The molecular formula is C12H14F2N2. The number of nitrogens with zero attached hydrogens (tertiary/aromatic N) is 1. The van der Waals surface area contributed by atoms with Crippen molar-refractivity contribution in [2.24, 2.45) is 0 Å². The van der Waals surface area contributed by atoms with Crippen molar-refractivity contribution in [2.75, 3.05) is 0 Å². The summed E-state index contributed by atoms with van der Waals surface area (Å²) >= 11 is 0. The van der Waals surface area contributed by atoms with Gasteiger partial charge in [0.25, 0.3) is 6.43 Å². The van der Waals surface area contributed by atoms with Crippen LogP contribution in [0.15, 0.2) is 18.3 Å². The number of aromatic nitrogens is 2. The minimum Gasteiger partial charge on any atom is -0.346 e. The maximum Gasteiger partial charge on any atom is 0.280 e. The van der Waals surface area contributed by atoms with Gasteiger partial charge in [-0.2, -0.15) is 0 Å². The van der Waals surface area contributed by atoms with Crippen LogP contribution in [0.2, 0.25) is 0 Å². The fourth-order valence-electron chi connectivity index (χ4n) is 1.79. The molecule has 0 unspecified atom stereocenters. The molecule has 0 aromatic carbocycles. The highest BCUT2D eigenvalue weighted by molar-refractivity contribution is 5.80. The molecule has 4 heteroatoms. The summed E-state index contributed by atoms with van der Waals surface area (Å²) in [6.45, 7) is 6.01. The fraction of sp³-hybridized carbons (Fsp3) is 0.417. The number of halogens is 2. The van der Waals surface area contributed by atoms with Crippen molar-refractivity contribution in [1.29, 1.82) is 0 Å². The predicted molar refractivity (Wildman–Crippen MR) is 59.8 cm³/mol. The molecule has 0 aliphatic rings. The zero-order valence-corrected chi connectivity index (χ0v) is 9.51. The second-order valence-corrected chi connectivity index (χ2v) is 4.89. The summed E-state index contributed by atoms with van der Waals surface area (Å²) in [6, 6.07) is 3.37. The number of pyridine rings is 1. The van der Waals surface area contributed by atoms with E-state index in [1.165, 1.54) is 6.07 Å².